The summed E-state index contributed by atoms with van der Waals surface area (Å²) in [4.78, 5) is 33.3. The summed E-state index contributed by atoms with van der Waals surface area (Å²) >= 11 is 0. The predicted octanol–water partition coefficient (Wildman–Crippen LogP) is -0.136. The molecule has 0 aliphatic carbocycles. The Morgan fingerprint density at radius 3 is 2.29 bits per heavy atom. The minimum absolute atomic E-state index is 0.148. The largest absolute Gasteiger partial charge is 0.453 e. The van der Waals surface area contributed by atoms with Gasteiger partial charge in [0.1, 0.15) is 19.3 Å². The molecule has 0 radical (unpaired) electrons. The van der Waals surface area contributed by atoms with Crippen molar-refractivity contribution in [1.82, 2.24) is 0 Å². The summed E-state index contributed by atoms with van der Waals surface area (Å²) in [5.74, 6) is -1.47. The standard InChI is InChI=1S/C11H18O6/c1-4-9(16-6-7(2)13)11(15)8(3)17-10(14)5-12/h8-9,12H,4-6H2,1-3H3. The molecule has 0 heterocycles. The molecule has 0 saturated carbocycles. The second kappa shape index (κ2) is 7.92. The van der Waals surface area contributed by atoms with Crippen molar-refractivity contribution >= 4 is 17.5 Å². The first-order valence-electron chi connectivity index (χ1n) is 5.37. The van der Waals surface area contributed by atoms with Gasteiger partial charge >= 0.3 is 5.97 Å². The third kappa shape index (κ3) is 6.13. The molecule has 0 saturated heterocycles. The molecule has 2 atom stereocenters. The molecule has 0 aromatic rings. The van der Waals surface area contributed by atoms with Gasteiger partial charge in [0.2, 0.25) is 5.78 Å². The Labute approximate surface area is 99.9 Å². The molecule has 6 heteroatoms. The van der Waals surface area contributed by atoms with E-state index >= 15 is 0 Å². The number of carbonyl (C=O) groups excluding carboxylic acids is 3. The zero-order chi connectivity index (χ0) is 13.4. The number of rotatable bonds is 8. The van der Waals surface area contributed by atoms with E-state index in [0.29, 0.717) is 6.42 Å². The van der Waals surface area contributed by atoms with Crippen molar-refractivity contribution in [2.24, 2.45) is 0 Å². The summed E-state index contributed by atoms with van der Waals surface area (Å²) in [6.45, 7) is 3.55. The topological polar surface area (TPSA) is 89.9 Å². The molecule has 0 amide bonds. The van der Waals surface area contributed by atoms with E-state index < -0.39 is 30.6 Å². The Bertz CT molecular complexity index is 286. The van der Waals surface area contributed by atoms with E-state index in [2.05, 4.69) is 4.74 Å². The molecule has 2 unspecified atom stereocenters. The lowest BCUT2D eigenvalue weighted by Crippen LogP contribution is -2.36. The van der Waals surface area contributed by atoms with Crippen molar-refractivity contribution < 1.29 is 29.0 Å². The van der Waals surface area contributed by atoms with E-state index in [1.165, 1.54) is 13.8 Å². The number of Topliss-reactive ketones (excluding diaryl/α,β-unsaturated/α-hetero) is 2. The molecule has 17 heavy (non-hydrogen) atoms. The first-order valence-corrected chi connectivity index (χ1v) is 5.37. The molecule has 0 fully saturated rings. The zero-order valence-corrected chi connectivity index (χ0v) is 10.3. The van der Waals surface area contributed by atoms with Gasteiger partial charge in [-0.05, 0) is 20.3 Å². The minimum atomic E-state index is -0.994. The molecular formula is C11H18O6. The Morgan fingerprint density at radius 1 is 1.29 bits per heavy atom. The maximum atomic E-state index is 11.7. The normalized spacial score (nSPS) is 13.9. The van der Waals surface area contributed by atoms with Gasteiger partial charge in [0.05, 0.1) is 0 Å². The van der Waals surface area contributed by atoms with Gasteiger partial charge in [-0.3, -0.25) is 9.59 Å². The van der Waals surface area contributed by atoms with Crippen molar-refractivity contribution in [1.29, 1.82) is 0 Å². The molecule has 0 spiro atoms. The average Bonchev–Trinajstić information content (AvgIpc) is 2.28. The number of hydrogen-bond donors (Lipinski definition) is 1. The van der Waals surface area contributed by atoms with Crippen molar-refractivity contribution in [3.63, 3.8) is 0 Å². The molecular weight excluding hydrogens is 228 g/mol. The number of hydrogen-bond acceptors (Lipinski definition) is 6. The minimum Gasteiger partial charge on any atom is -0.453 e. The van der Waals surface area contributed by atoms with Crippen LogP contribution in [-0.4, -0.2) is 48.1 Å². The van der Waals surface area contributed by atoms with Crippen LogP contribution >= 0.6 is 0 Å². The van der Waals surface area contributed by atoms with Gasteiger partial charge in [-0.1, -0.05) is 6.92 Å². The van der Waals surface area contributed by atoms with Crippen molar-refractivity contribution in [3.05, 3.63) is 0 Å². The summed E-state index contributed by atoms with van der Waals surface area (Å²) in [6, 6.07) is 0. The highest BCUT2D eigenvalue weighted by atomic mass is 16.6. The van der Waals surface area contributed by atoms with Crippen molar-refractivity contribution in [2.75, 3.05) is 13.2 Å². The fraction of sp³-hybridized carbons (Fsp3) is 0.727. The molecule has 6 nitrogen and oxygen atoms in total. The molecule has 98 valence electrons. The van der Waals surface area contributed by atoms with E-state index in [1.807, 2.05) is 0 Å². The predicted molar refractivity (Wildman–Crippen MR) is 58.4 cm³/mol. The number of aliphatic hydroxyl groups excluding tert-OH is 1. The summed E-state index contributed by atoms with van der Waals surface area (Å²) in [7, 11) is 0. The fourth-order valence-corrected chi connectivity index (χ4v) is 1.17. The molecule has 0 aliphatic heterocycles. The van der Waals surface area contributed by atoms with E-state index in [9.17, 15) is 14.4 Å². The highest BCUT2D eigenvalue weighted by molar-refractivity contribution is 5.89. The van der Waals surface area contributed by atoms with Crippen LogP contribution in [0.2, 0.25) is 0 Å². The first kappa shape index (κ1) is 15.7. The van der Waals surface area contributed by atoms with Crippen LogP contribution in [0.4, 0.5) is 0 Å². The van der Waals surface area contributed by atoms with E-state index in [-0.39, 0.29) is 12.4 Å². The van der Waals surface area contributed by atoms with Gasteiger partial charge in [0.15, 0.2) is 11.9 Å². The zero-order valence-electron chi connectivity index (χ0n) is 10.3. The lowest BCUT2D eigenvalue weighted by atomic mass is 10.1. The number of esters is 1. The average molecular weight is 246 g/mol. The van der Waals surface area contributed by atoms with Crippen LogP contribution < -0.4 is 0 Å². The Hall–Kier alpha value is -1.27. The molecule has 0 aromatic carbocycles. The first-order chi connectivity index (χ1) is 7.92. The molecule has 0 aliphatic rings. The third-order valence-corrected chi connectivity index (χ3v) is 2.01. The summed E-state index contributed by atoms with van der Waals surface area (Å²) in [6.07, 6.45) is -1.39. The highest BCUT2D eigenvalue weighted by Gasteiger charge is 2.26. The number of ether oxygens (including phenoxy) is 2. The van der Waals surface area contributed by atoms with Gasteiger partial charge in [0, 0.05) is 0 Å². The summed E-state index contributed by atoms with van der Waals surface area (Å²) in [5.41, 5.74) is 0. The van der Waals surface area contributed by atoms with E-state index in [4.69, 9.17) is 9.84 Å². The Balaban J connectivity index is 4.31. The number of ketones is 2. The maximum absolute atomic E-state index is 11.7. The maximum Gasteiger partial charge on any atom is 0.332 e. The summed E-state index contributed by atoms with van der Waals surface area (Å²) < 4.78 is 9.75. The quantitative estimate of drug-likeness (QED) is 0.600. The molecule has 0 rings (SSSR count). The third-order valence-electron chi connectivity index (χ3n) is 2.01. The Morgan fingerprint density at radius 2 is 1.88 bits per heavy atom. The lowest BCUT2D eigenvalue weighted by molar-refractivity contribution is -0.161. The van der Waals surface area contributed by atoms with Gasteiger partial charge in [0.25, 0.3) is 0 Å². The highest BCUT2D eigenvalue weighted by Crippen LogP contribution is 2.06. The van der Waals surface area contributed by atoms with E-state index in [1.54, 1.807) is 6.92 Å². The monoisotopic (exact) mass is 246 g/mol. The van der Waals surface area contributed by atoms with Crippen LogP contribution in [0.3, 0.4) is 0 Å². The van der Waals surface area contributed by atoms with Crippen molar-refractivity contribution in [2.45, 2.75) is 39.4 Å². The summed E-state index contributed by atoms with van der Waals surface area (Å²) in [5, 5.41) is 8.48. The molecule has 0 aromatic heterocycles. The van der Waals surface area contributed by atoms with E-state index in [0.717, 1.165) is 0 Å². The van der Waals surface area contributed by atoms with Crippen LogP contribution in [0.1, 0.15) is 27.2 Å². The van der Waals surface area contributed by atoms with Gasteiger partial charge in [-0.2, -0.15) is 0 Å². The van der Waals surface area contributed by atoms with Crippen LogP contribution in [0.25, 0.3) is 0 Å². The fourth-order valence-electron chi connectivity index (χ4n) is 1.17. The van der Waals surface area contributed by atoms with Gasteiger partial charge in [-0.15, -0.1) is 0 Å². The number of carbonyl (C=O) groups is 3. The van der Waals surface area contributed by atoms with Gasteiger partial charge in [-0.25, -0.2) is 4.79 Å². The van der Waals surface area contributed by atoms with Crippen LogP contribution in [-0.2, 0) is 23.9 Å². The van der Waals surface area contributed by atoms with Crippen LogP contribution in [0, 0.1) is 0 Å². The SMILES string of the molecule is CCC(OCC(C)=O)C(=O)C(C)OC(=O)CO. The second-order valence-electron chi connectivity index (χ2n) is 3.60. The molecule has 1 N–H and O–H groups in total. The Kier molecular flexibility index (Phi) is 7.32. The number of aliphatic hydroxyl groups is 1. The van der Waals surface area contributed by atoms with Crippen LogP contribution in [0.5, 0.6) is 0 Å². The lowest BCUT2D eigenvalue weighted by Gasteiger charge is -2.18. The smallest absolute Gasteiger partial charge is 0.332 e. The second-order valence-corrected chi connectivity index (χ2v) is 3.60. The van der Waals surface area contributed by atoms with Gasteiger partial charge < -0.3 is 14.6 Å². The van der Waals surface area contributed by atoms with Crippen LogP contribution in [0.15, 0.2) is 0 Å². The van der Waals surface area contributed by atoms with Crippen molar-refractivity contribution in [3.8, 4) is 0 Å². The molecule has 0 bridgehead atoms.